The van der Waals surface area contributed by atoms with Crippen LogP contribution >= 0.6 is 0 Å². The standard InChI is InChI=1S/C10H19N5/c1-2-3-8-15-9(11)12-10(13-15)14-6-4-5-7-14/h2-8H2,1H3,(H2,11,12,13). The average molecular weight is 209 g/mol. The van der Waals surface area contributed by atoms with Gasteiger partial charge in [-0.05, 0) is 19.3 Å². The molecule has 2 N–H and O–H groups in total. The van der Waals surface area contributed by atoms with Crippen molar-refractivity contribution in [1.82, 2.24) is 14.8 Å². The molecule has 0 saturated carbocycles. The molecule has 0 unspecified atom stereocenters. The number of aromatic nitrogens is 3. The fourth-order valence-corrected chi connectivity index (χ4v) is 1.87. The third kappa shape index (κ3) is 2.22. The Hall–Kier alpha value is -1.26. The molecule has 0 spiro atoms. The first-order chi connectivity index (χ1) is 7.31. The predicted molar refractivity (Wildman–Crippen MR) is 60.8 cm³/mol. The predicted octanol–water partition coefficient (Wildman–Crippen LogP) is 1.26. The largest absolute Gasteiger partial charge is 0.368 e. The molecule has 1 aliphatic heterocycles. The Bertz CT molecular complexity index is 314. The van der Waals surface area contributed by atoms with Crippen LogP contribution in [0.1, 0.15) is 32.6 Å². The first kappa shape index (κ1) is 10.3. The van der Waals surface area contributed by atoms with Crippen molar-refractivity contribution >= 4 is 11.9 Å². The van der Waals surface area contributed by atoms with E-state index in [-0.39, 0.29) is 0 Å². The lowest BCUT2D eigenvalue weighted by Gasteiger charge is -2.10. The Morgan fingerprint density at radius 3 is 2.73 bits per heavy atom. The van der Waals surface area contributed by atoms with E-state index in [0.717, 1.165) is 38.4 Å². The van der Waals surface area contributed by atoms with Crippen molar-refractivity contribution < 1.29 is 0 Å². The van der Waals surface area contributed by atoms with E-state index in [0.29, 0.717) is 5.95 Å². The Labute approximate surface area is 90.3 Å². The molecule has 0 aromatic carbocycles. The summed E-state index contributed by atoms with van der Waals surface area (Å²) >= 11 is 0. The van der Waals surface area contributed by atoms with Gasteiger partial charge in [-0.2, -0.15) is 4.98 Å². The third-order valence-corrected chi connectivity index (χ3v) is 2.80. The van der Waals surface area contributed by atoms with Crippen molar-refractivity contribution in [2.24, 2.45) is 0 Å². The quantitative estimate of drug-likeness (QED) is 0.811. The fraction of sp³-hybridized carbons (Fsp3) is 0.800. The Balaban J connectivity index is 2.06. The minimum Gasteiger partial charge on any atom is -0.368 e. The van der Waals surface area contributed by atoms with E-state index in [4.69, 9.17) is 5.73 Å². The van der Waals surface area contributed by atoms with Gasteiger partial charge in [0.2, 0.25) is 11.9 Å². The normalized spacial score (nSPS) is 16.2. The van der Waals surface area contributed by atoms with E-state index in [1.807, 2.05) is 4.68 Å². The molecule has 2 rings (SSSR count). The summed E-state index contributed by atoms with van der Waals surface area (Å²) < 4.78 is 1.82. The first-order valence-corrected chi connectivity index (χ1v) is 5.76. The molecule has 2 heterocycles. The zero-order valence-electron chi connectivity index (χ0n) is 9.32. The van der Waals surface area contributed by atoms with Crippen LogP contribution in [-0.2, 0) is 6.54 Å². The van der Waals surface area contributed by atoms with Crippen molar-refractivity contribution in [3.8, 4) is 0 Å². The Morgan fingerprint density at radius 2 is 2.07 bits per heavy atom. The van der Waals surface area contributed by atoms with Gasteiger partial charge in [0.15, 0.2) is 0 Å². The summed E-state index contributed by atoms with van der Waals surface area (Å²) in [5, 5.41) is 4.44. The molecule has 0 amide bonds. The number of nitrogen functional groups attached to an aromatic ring is 1. The molecule has 0 bridgehead atoms. The molecule has 1 aliphatic rings. The van der Waals surface area contributed by atoms with Crippen LogP contribution in [-0.4, -0.2) is 27.9 Å². The monoisotopic (exact) mass is 209 g/mol. The van der Waals surface area contributed by atoms with Crippen molar-refractivity contribution in [2.75, 3.05) is 23.7 Å². The maximum atomic E-state index is 5.81. The summed E-state index contributed by atoms with van der Waals surface area (Å²) in [6.07, 6.45) is 4.73. The molecule has 5 nitrogen and oxygen atoms in total. The summed E-state index contributed by atoms with van der Waals surface area (Å²) in [6.45, 7) is 5.17. The van der Waals surface area contributed by atoms with Crippen LogP contribution in [0.25, 0.3) is 0 Å². The second kappa shape index (κ2) is 4.51. The van der Waals surface area contributed by atoms with Gasteiger partial charge in [0.25, 0.3) is 0 Å². The van der Waals surface area contributed by atoms with Gasteiger partial charge < -0.3 is 10.6 Å². The molecule has 1 saturated heterocycles. The summed E-state index contributed by atoms with van der Waals surface area (Å²) in [6, 6.07) is 0. The SMILES string of the molecule is CCCCn1nc(N2CCCC2)nc1N. The lowest BCUT2D eigenvalue weighted by Crippen LogP contribution is -2.19. The highest BCUT2D eigenvalue weighted by molar-refractivity contribution is 5.35. The van der Waals surface area contributed by atoms with Crippen molar-refractivity contribution in [3.05, 3.63) is 0 Å². The molecule has 5 heteroatoms. The molecule has 84 valence electrons. The molecular formula is C10H19N5. The second-order valence-corrected chi connectivity index (χ2v) is 4.04. The number of unbranched alkanes of at least 4 members (excludes halogenated alkanes) is 1. The number of aryl methyl sites for hydroxylation is 1. The zero-order valence-corrected chi connectivity index (χ0v) is 9.32. The highest BCUT2D eigenvalue weighted by Gasteiger charge is 2.17. The van der Waals surface area contributed by atoms with Gasteiger partial charge in [-0.1, -0.05) is 13.3 Å². The van der Waals surface area contributed by atoms with Crippen molar-refractivity contribution in [1.29, 1.82) is 0 Å². The fourth-order valence-electron chi connectivity index (χ4n) is 1.87. The number of hydrogen-bond donors (Lipinski definition) is 1. The van der Waals surface area contributed by atoms with Crippen LogP contribution in [0.15, 0.2) is 0 Å². The lowest BCUT2D eigenvalue weighted by atomic mass is 10.3. The number of nitrogens with two attached hydrogens (primary N) is 1. The van der Waals surface area contributed by atoms with Crippen LogP contribution in [0.4, 0.5) is 11.9 Å². The summed E-state index contributed by atoms with van der Waals surface area (Å²) in [5.41, 5.74) is 5.81. The van der Waals surface area contributed by atoms with Crippen LogP contribution in [0.5, 0.6) is 0 Å². The van der Waals surface area contributed by atoms with E-state index in [9.17, 15) is 0 Å². The highest BCUT2D eigenvalue weighted by atomic mass is 15.4. The Kier molecular flexibility index (Phi) is 3.08. The Morgan fingerprint density at radius 1 is 1.33 bits per heavy atom. The van der Waals surface area contributed by atoms with Gasteiger partial charge in [-0.3, -0.25) is 0 Å². The maximum absolute atomic E-state index is 5.81. The van der Waals surface area contributed by atoms with Crippen molar-refractivity contribution in [2.45, 2.75) is 39.2 Å². The van der Waals surface area contributed by atoms with Crippen LogP contribution in [0.3, 0.4) is 0 Å². The minimum atomic E-state index is 0.547. The topological polar surface area (TPSA) is 60.0 Å². The number of nitrogens with zero attached hydrogens (tertiary/aromatic N) is 4. The van der Waals surface area contributed by atoms with E-state index >= 15 is 0 Å². The smallest absolute Gasteiger partial charge is 0.246 e. The molecule has 15 heavy (non-hydrogen) atoms. The van der Waals surface area contributed by atoms with Gasteiger partial charge in [0, 0.05) is 19.6 Å². The third-order valence-electron chi connectivity index (χ3n) is 2.80. The second-order valence-electron chi connectivity index (χ2n) is 4.04. The first-order valence-electron chi connectivity index (χ1n) is 5.76. The average Bonchev–Trinajstić information content (AvgIpc) is 2.83. The maximum Gasteiger partial charge on any atom is 0.246 e. The lowest BCUT2D eigenvalue weighted by molar-refractivity contribution is 0.577. The van der Waals surface area contributed by atoms with Gasteiger partial charge in [-0.25, -0.2) is 4.68 Å². The van der Waals surface area contributed by atoms with E-state index in [1.54, 1.807) is 0 Å². The minimum absolute atomic E-state index is 0.547. The van der Waals surface area contributed by atoms with Crippen LogP contribution < -0.4 is 10.6 Å². The number of rotatable bonds is 4. The molecule has 1 fully saturated rings. The number of hydrogen-bond acceptors (Lipinski definition) is 4. The molecule has 0 radical (unpaired) electrons. The molecule has 0 atom stereocenters. The van der Waals surface area contributed by atoms with Gasteiger partial charge in [0.05, 0.1) is 0 Å². The van der Waals surface area contributed by atoms with Crippen molar-refractivity contribution in [3.63, 3.8) is 0 Å². The molecule has 1 aromatic rings. The van der Waals surface area contributed by atoms with E-state index in [1.165, 1.54) is 12.8 Å². The van der Waals surface area contributed by atoms with Crippen LogP contribution in [0, 0.1) is 0 Å². The molecule has 1 aromatic heterocycles. The van der Waals surface area contributed by atoms with Gasteiger partial charge in [0.1, 0.15) is 0 Å². The highest BCUT2D eigenvalue weighted by Crippen LogP contribution is 2.17. The summed E-state index contributed by atoms with van der Waals surface area (Å²) in [4.78, 5) is 6.51. The van der Waals surface area contributed by atoms with E-state index < -0.39 is 0 Å². The van der Waals surface area contributed by atoms with E-state index in [2.05, 4.69) is 21.9 Å². The van der Waals surface area contributed by atoms with Crippen LogP contribution in [0.2, 0.25) is 0 Å². The molecular weight excluding hydrogens is 190 g/mol. The summed E-state index contributed by atoms with van der Waals surface area (Å²) in [5.74, 6) is 1.35. The molecule has 0 aliphatic carbocycles. The number of anilines is 2. The van der Waals surface area contributed by atoms with Gasteiger partial charge in [-0.15, -0.1) is 5.10 Å². The zero-order chi connectivity index (χ0) is 10.7. The van der Waals surface area contributed by atoms with Gasteiger partial charge >= 0.3 is 0 Å². The summed E-state index contributed by atoms with van der Waals surface area (Å²) in [7, 11) is 0.